The predicted molar refractivity (Wildman–Crippen MR) is 107 cm³/mol. The lowest BCUT2D eigenvalue weighted by Gasteiger charge is -2.33. The van der Waals surface area contributed by atoms with E-state index in [1.807, 2.05) is 31.2 Å². The number of nitrogens with zero attached hydrogens (tertiary/aromatic N) is 3. The van der Waals surface area contributed by atoms with Crippen LogP contribution >= 0.6 is 0 Å². The first-order valence-corrected chi connectivity index (χ1v) is 9.81. The molecular formula is C22H28N4O. The third kappa shape index (κ3) is 4.58. The monoisotopic (exact) mass is 364 g/mol. The molecule has 1 fully saturated rings. The maximum atomic E-state index is 12.8. The lowest BCUT2D eigenvalue weighted by atomic mass is 10.0. The smallest absolute Gasteiger partial charge is 0.269 e. The van der Waals surface area contributed by atoms with E-state index in [0.717, 1.165) is 30.8 Å². The van der Waals surface area contributed by atoms with E-state index in [0.29, 0.717) is 23.8 Å². The van der Waals surface area contributed by atoms with Gasteiger partial charge in [-0.25, -0.2) is 0 Å². The molecule has 2 aromatic rings. The van der Waals surface area contributed by atoms with Gasteiger partial charge in [-0.2, -0.15) is 5.26 Å². The number of piperidine rings is 1. The van der Waals surface area contributed by atoms with Crippen LogP contribution in [0.1, 0.15) is 54.2 Å². The van der Waals surface area contributed by atoms with Gasteiger partial charge < -0.3 is 14.8 Å². The lowest BCUT2D eigenvalue weighted by Crippen LogP contribution is -2.39. The van der Waals surface area contributed by atoms with E-state index in [4.69, 9.17) is 0 Å². The number of likely N-dealkylation sites (tertiary alicyclic amines) is 1. The van der Waals surface area contributed by atoms with Crippen LogP contribution in [0.3, 0.4) is 0 Å². The van der Waals surface area contributed by atoms with Gasteiger partial charge in [0, 0.05) is 31.0 Å². The summed E-state index contributed by atoms with van der Waals surface area (Å²) in [7, 11) is 0. The molecule has 1 aromatic carbocycles. The highest BCUT2D eigenvalue weighted by Gasteiger charge is 2.19. The average molecular weight is 364 g/mol. The summed E-state index contributed by atoms with van der Waals surface area (Å²) in [5, 5.41) is 12.4. The quantitative estimate of drug-likeness (QED) is 0.796. The van der Waals surface area contributed by atoms with E-state index >= 15 is 0 Å². The third-order valence-corrected chi connectivity index (χ3v) is 5.35. The van der Waals surface area contributed by atoms with Crippen molar-refractivity contribution in [2.75, 3.05) is 19.6 Å². The SMILES string of the molecule is Cc1cccc(-n2ccc(C#N)c2C(=O)NCCCN2CCCCC2C)c1. The van der Waals surface area contributed by atoms with Gasteiger partial charge in [0.05, 0.1) is 5.56 Å². The van der Waals surface area contributed by atoms with Crippen LogP contribution in [0, 0.1) is 18.3 Å². The predicted octanol–water partition coefficient (Wildman–Crippen LogP) is 3.65. The second-order valence-corrected chi connectivity index (χ2v) is 7.39. The molecule has 5 heteroatoms. The van der Waals surface area contributed by atoms with Gasteiger partial charge >= 0.3 is 0 Å². The highest BCUT2D eigenvalue weighted by Crippen LogP contribution is 2.19. The van der Waals surface area contributed by atoms with Crippen molar-refractivity contribution in [2.45, 2.75) is 45.6 Å². The zero-order valence-electron chi connectivity index (χ0n) is 16.2. The molecule has 0 radical (unpaired) electrons. The van der Waals surface area contributed by atoms with Crippen LogP contribution in [-0.2, 0) is 0 Å². The molecule has 1 atom stereocenters. The van der Waals surface area contributed by atoms with Gasteiger partial charge in [-0.1, -0.05) is 18.6 Å². The number of hydrogen-bond donors (Lipinski definition) is 1. The standard InChI is InChI=1S/C22H28N4O/c1-17-7-5-9-20(15-17)26-14-10-19(16-23)21(26)22(27)24-11-6-13-25-12-4-3-8-18(25)2/h5,7,9-10,14-15,18H,3-4,6,8,11-13H2,1-2H3,(H,24,27). The molecule has 0 saturated carbocycles. The number of aromatic nitrogens is 1. The maximum absolute atomic E-state index is 12.8. The van der Waals surface area contributed by atoms with Crippen LogP contribution in [0.15, 0.2) is 36.5 Å². The highest BCUT2D eigenvalue weighted by molar-refractivity contribution is 5.95. The fourth-order valence-corrected chi connectivity index (χ4v) is 3.80. The van der Waals surface area contributed by atoms with Crippen LogP contribution in [0.5, 0.6) is 0 Å². The number of carbonyl (C=O) groups is 1. The molecule has 1 N–H and O–H groups in total. The van der Waals surface area contributed by atoms with Gasteiger partial charge in [0.1, 0.15) is 11.8 Å². The second-order valence-electron chi connectivity index (χ2n) is 7.39. The zero-order chi connectivity index (χ0) is 19.2. The Morgan fingerprint density at radius 3 is 2.93 bits per heavy atom. The molecule has 27 heavy (non-hydrogen) atoms. The van der Waals surface area contributed by atoms with Crippen molar-refractivity contribution in [1.82, 2.24) is 14.8 Å². The van der Waals surface area contributed by atoms with Crippen LogP contribution in [0.25, 0.3) is 5.69 Å². The van der Waals surface area contributed by atoms with Gasteiger partial charge in [0.2, 0.25) is 0 Å². The average Bonchev–Trinajstić information content (AvgIpc) is 3.10. The molecule has 1 unspecified atom stereocenters. The van der Waals surface area contributed by atoms with E-state index in [9.17, 15) is 10.1 Å². The molecule has 5 nitrogen and oxygen atoms in total. The molecule has 1 aliphatic heterocycles. The molecule has 1 saturated heterocycles. The van der Waals surface area contributed by atoms with Crippen molar-refractivity contribution >= 4 is 5.91 Å². The van der Waals surface area contributed by atoms with Gasteiger partial charge in [-0.15, -0.1) is 0 Å². The Bertz CT molecular complexity index is 833. The van der Waals surface area contributed by atoms with Crippen molar-refractivity contribution in [3.63, 3.8) is 0 Å². The fraction of sp³-hybridized carbons (Fsp3) is 0.455. The summed E-state index contributed by atoms with van der Waals surface area (Å²) >= 11 is 0. The Balaban J connectivity index is 1.64. The number of carbonyl (C=O) groups excluding carboxylic acids is 1. The Morgan fingerprint density at radius 2 is 2.19 bits per heavy atom. The number of benzene rings is 1. The summed E-state index contributed by atoms with van der Waals surface area (Å²) in [6.45, 7) is 7.08. The van der Waals surface area contributed by atoms with E-state index in [1.165, 1.54) is 19.3 Å². The zero-order valence-corrected chi connectivity index (χ0v) is 16.2. The minimum absolute atomic E-state index is 0.190. The molecule has 2 heterocycles. The Hall–Kier alpha value is -2.58. The molecule has 1 amide bonds. The van der Waals surface area contributed by atoms with E-state index in [1.54, 1.807) is 16.8 Å². The molecule has 1 aliphatic rings. The van der Waals surface area contributed by atoms with Crippen molar-refractivity contribution < 1.29 is 4.79 Å². The Labute approximate surface area is 161 Å². The Kier molecular flexibility index (Phi) is 6.31. The first-order valence-electron chi connectivity index (χ1n) is 9.81. The number of amides is 1. The molecule has 0 spiro atoms. The molecule has 3 rings (SSSR count). The molecular weight excluding hydrogens is 336 g/mol. The first-order chi connectivity index (χ1) is 13.1. The van der Waals surface area contributed by atoms with E-state index in [-0.39, 0.29) is 5.91 Å². The van der Waals surface area contributed by atoms with Crippen LogP contribution in [0.4, 0.5) is 0 Å². The number of nitrogens with one attached hydrogen (secondary N) is 1. The van der Waals surface area contributed by atoms with E-state index in [2.05, 4.69) is 23.2 Å². The molecule has 0 bridgehead atoms. The highest BCUT2D eigenvalue weighted by atomic mass is 16.1. The summed E-state index contributed by atoms with van der Waals surface area (Å²) in [6, 6.07) is 12.4. The largest absolute Gasteiger partial charge is 0.351 e. The lowest BCUT2D eigenvalue weighted by molar-refractivity contribution is 0.0942. The molecule has 142 valence electrons. The van der Waals surface area contributed by atoms with Gasteiger partial charge in [0.15, 0.2) is 0 Å². The second kappa shape index (κ2) is 8.88. The maximum Gasteiger partial charge on any atom is 0.269 e. The number of hydrogen-bond acceptors (Lipinski definition) is 3. The summed E-state index contributed by atoms with van der Waals surface area (Å²) in [5.41, 5.74) is 2.82. The summed E-state index contributed by atoms with van der Waals surface area (Å²) in [6.07, 6.45) is 6.57. The summed E-state index contributed by atoms with van der Waals surface area (Å²) in [4.78, 5) is 15.3. The Morgan fingerprint density at radius 1 is 1.33 bits per heavy atom. The third-order valence-electron chi connectivity index (χ3n) is 5.35. The van der Waals surface area contributed by atoms with Crippen molar-refractivity contribution in [3.05, 3.63) is 53.3 Å². The molecule has 0 aliphatic carbocycles. The van der Waals surface area contributed by atoms with Crippen molar-refractivity contribution in [3.8, 4) is 11.8 Å². The normalized spacial score (nSPS) is 17.4. The van der Waals surface area contributed by atoms with Gasteiger partial charge in [0.25, 0.3) is 5.91 Å². The summed E-state index contributed by atoms with van der Waals surface area (Å²) < 4.78 is 1.80. The van der Waals surface area contributed by atoms with Crippen LogP contribution in [0.2, 0.25) is 0 Å². The van der Waals surface area contributed by atoms with Gasteiger partial charge in [-0.05, 0) is 63.4 Å². The molecule has 1 aromatic heterocycles. The number of aryl methyl sites for hydroxylation is 1. The van der Waals surface area contributed by atoms with Crippen molar-refractivity contribution in [1.29, 1.82) is 5.26 Å². The van der Waals surface area contributed by atoms with Crippen molar-refractivity contribution in [2.24, 2.45) is 0 Å². The van der Waals surface area contributed by atoms with Gasteiger partial charge in [-0.3, -0.25) is 4.79 Å². The minimum Gasteiger partial charge on any atom is -0.351 e. The number of rotatable bonds is 6. The topological polar surface area (TPSA) is 61.1 Å². The number of nitriles is 1. The van der Waals surface area contributed by atoms with E-state index < -0.39 is 0 Å². The van der Waals surface area contributed by atoms with Crippen LogP contribution < -0.4 is 5.32 Å². The summed E-state index contributed by atoms with van der Waals surface area (Å²) in [5.74, 6) is -0.190. The van der Waals surface area contributed by atoms with Crippen LogP contribution in [-0.4, -0.2) is 41.1 Å². The fourth-order valence-electron chi connectivity index (χ4n) is 3.80. The first kappa shape index (κ1) is 19.2. The minimum atomic E-state index is -0.190.